The maximum absolute atomic E-state index is 5.34. The van der Waals surface area contributed by atoms with E-state index < -0.39 is 0 Å². The van der Waals surface area contributed by atoms with Gasteiger partial charge < -0.3 is 9.47 Å². The molecular weight excluding hydrogens is 220 g/mol. The Bertz CT molecular complexity index is 128. The van der Waals surface area contributed by atoms with Crippen molar-refractivity contribution in [2.75, 3.05) is 18.5 Å². The van der Waals surface area contributed by atoms with Crippen LogP contribution in [0.1, 0.15) is 20.8 Å². The lowest BCUT2D eigenvalue weighted by Crippen LogP contribution is -2.15. The fraction of sp³-hybridized carbons (Fsp3) is 0.778. The summed E-state index contributed by atoms with van der Waals surface area (Å²) >= 11 is 3.37. The van der Waals surface area contributed by atoms with E-state index in [1.165, 1.54) is 5.57 Å². The molecule has 0 N–H and O–H groups in total. The standard InChI is InChI=1S/C9H17BrO2/c1-4-11-9(12-5-2)6-8(3)7-10/h6,9H,4-5,7H2,1-3H3. The largest absolute Gasteiger partial charge is 0.349 e. The van der Waals surface area contributed by atoms with E-state index in [0.717, 1.165) is 5.33 Å². The van der Waals surface area contributed by atoms with E-state index in [1.54, 1.807) is 0 Å². The summed E-state index contributed by atoms with van der Waals surface area (Å²) in [5.74, 6) is 0. The Labute approximate surface area is 83.1 Å². The van der Waals surface area contributed by atoms with Crippen molar-refractivity contribution in [3.63, 3.8) is 0 Å². The molecule has 0 saturated carbocycles. The van der Waals surface area contributed by atoms with E-state index in [4.69, 9.17) is 9.47 Å². The van der Waals surface area contributed by atoms with Crippen molar-refractivity contribution in [1.82, 2.24) is 0 Å². The SMILES string of the molecule is CCOC(C=C(C)CBr)OCC. The Hall–Kier alpha value is 0.140. The maximum Gasteiger partial charge on any atom is 0.177 e. The second-order valence-electron chi connectivity index (χ2n) is 2.43. The van der Waals surface area contributed by atoms with Crippen molar-refractivity contribution in [3.8, 4) is 0 Å². The molecule has 0 unspecified atom stereocenters. The molecule has 0 saturated heterocycles. The topological polar surface area (TPSA) is 18.5 Å². The smallest absolute Gasteiger partial charge is 0.177 e. The third kappa shape index (κ3) is 5.75. The predicted octanol–water partition coefficient (Wildman–Crippen LogP) is 2.73. The van der Waals surface area contributed by atoms with E-state index >= 15 is 0 Å². The van der Waals surface area contributed by atoms with Crippen LogP contribution < -0.4 is 0 Å². The van der Waals surface area contributed by atoms with E-state index in [9.17, 15) is 0 Å². The maximum atomic E-state index is 5.34. The number of allylic oxidation sites excluding steroid dienone is 1. The van der Waals surface area contributed by atoms with Crippen molar-refractivity contribution in [2.24, 2.45) is 0 Å². The van der Waals surface area contributed by atoms with Gasteiger partial charge in [0.15, 0.2) is 6.29 Å². The number of hydrogen-bond donors (Lipinski definition) is 0. The lowest BCUT2D eigenvalue weighted by molar-refractivity contribution is -0.104. The lowest BCUT2D eigenvalue weighted by Gasteiger charge is -2.13. The number of halogens is 1. The van der Waals surface area contributed by atoms with Crippen molar-refractivity contribution < 1.29 is 9.47 Å². The molecule has 0 aromatic carbocycles. The summed E-state index contributed by atoms with van der Waals surface area (Å²) < 4.78 is 10.7. The van der Waals surface area contributed by atoms with Crippen molar-refractivity contribution in [2.45, 2.75) is 27.1 Å². The summed E-state index contributed by atoms with van der Waals surface area (Å²) in [7, 11) is 0. The van der Waals surface area contributed by atoms with Crippen molar-refractivity contribution in [1.29, 1.82) is 0 Å². The van der Waals surface area contributed by atoms with E-state index in [2.05, 4.69) is 15.9 Å². The van der Waals surface area contributed by atoms with Crippen LogP contribution in [0.4, 0.5) is 0 Å². The molecule has 0 rings (SSSR count). The van der Waals surface area contributed by atoms with Crippen LogP contribution in [0.25, 0.3) is 0 Å². The van der Waals surface area contributed by atoms with Crippen LogP contribution in [0.15, 0.2) is 11.6 Å². The normalized spacial score (nSPS) is 12.6. The zero-order valence-corrected chi connectivity index (χ0v) is 9.56. The van der Waals surface area contributed by atoms with Gasteiger partial charge in [0, 0.05) is 18.5 Å². The average Bonchev–Trinajstić information content (AvgIpc) is 2.05. The summed E-state index contributed by atoms with van der Waals surface area (Å²) in [5.41, 5.74) is 1.22. The fourth-order valence-corrected chi connectivity index (χ4v) is 0.937. The van der Waals surface area contributed by atoms with Gasteiger partial charge >= 0.3 is 0 Å². The number of alkyl halides is 1. The highest BCUT2D eigenvalue weighted by Crippen LogP contribution is 2.04. The molecule has 12 heavy (non-hydrogen) atoms. The van der Waals surface area contributed by atoms with Gasteiger partial charge in [-0.1, -0.05) is 21.5 Å². The van der Waals surface area contributed by atoms with Gasteiger partial charge in [-0.2, -0.15) is 0 Å². The summed E-state index contributed by atoms with van der Waals surface area (Å²) in [6, 6.07) is 0. The monoisotopic (exact) mass is 236 g/mol. The summed E-state index contributed by atoms with van der Waals surface area (Å²) in [6.45, 7) is 7.32. The molecule has 0 spiro atoms. The molecule has 2 nitrogen and oxygen atoms in total. The number of ether oxygens (including phenoxy) is 2. The fourth-order valence-electron chi connectivity index (χ4n) is 0.750. The zero-order chi connectivity index (χ0) is 9.40. The van der Waals surface area contributed by atoms with Crippen molar-refractivity contribution >= 4 is 15.9 Å². The molecule has 0 radical (unpaired) electrons. The van der Waals surface area contributed by atoms with E-state index in [1.807, 2.05) is 26.8 Å². The minimum absolute atomic E-state index is 0.183. The highest BCUT2D eigenvalue weighted by Gasteiger charge is 2.02. The molecule has 0 atom stereocenters. The number of hydrogen-bond acceptors (Lipinski definition) is 2. The van der Waals surface area contributed by atoms with Crippen LogP contribution in [-0.2, 0) is 9.47 Å². The van der Waals surface area contributed by atoms with Crippen LogP contribution in [0, 0.1) is 0 Å². The first kappa shape index (κ1) is 12.1. The molecule has 0 aliphatic carbocycles. The first-order valence-electron chi connectivity index (χ1n) is 4.21. The minimum atomic E-state index is -0.183. The lowest BCUT2D eigenvalue weighted by atomic mass is 10.3. The second-order valence-corrected chi connectivity index (χ2v) is 2.99. The Balaban J connectivity index is 3.92. The summed E-state index contributed by atoms with van der Waals surface area (Å²) in [4.78, 5) is 0. The molecule has 0 fully saturated rings. The van der Waals surface area contributed by atoms with Crippen LogP contribution in [-0.4, -0.2) is 24.8 Å². The zero-order valence-electron chi connectivity index (χ0n) is 7.97. The van der Waals surface area contributed by atoms with Gasteiger partial charge in [0.2, 0.25) is 0 Å². The molecule has 0 aromatic rings. The van der Waals surface area contributed by atoms with Crippen LogP contribution in [0.2, 0.25) is 0 Å². The Morgan fingerprint density at radius 1 is 1.33 bits per heavy atom. The first-order valence-corrected chi connectivity index (χ1v) is 5.33. The average molecular weight is 237 g/mol. The van der Waals surface area contributed by atoms with E-state index in [-0.39, 0.29) is 6.29 Å². The summed E-state index contributed by atoms with van der Waals surface area (Å²) in [6.07, 6.45) is 1.81. The molecule has 72 valence electrons. The molecule has 0 heterocycles. The van der Waals surface area contributed by atoms with Gasteiger partial charge in [0.25, 0.3) is 0 Å². The Morgan fingerprint density at radius 3 is 2.17 bits per heavy atom. The molecule has 3 heteroatoms. The van der Waals surface area contributed by atoms with Gasteiger partial charge in [-0.15, -0.1) is 0 Å². The highest BCUT2D eigenvalue weighted by atomic mass is 79.9. The highest BCUT2D eigenvalue weighted by molar-refractivity contribution is 9.09. The molecule has 0 aliphatic rings. The van der Waals surface area contributed by atoms with Gasteiger partial charge in [0.1, 0.15) is 0 Å². The molecular formula is C9H17BrO2. The van der Waals surface area contributed by atoms with Crippen LogP contribution >= 0.6 is 15.9 Å². The first-order chi connectivity index (χ1) is 5.74. The molecule has 0 aliphatic heterocycles. The third-order valence-corrected chi connectivity index (χ3v) is 2.18. The Kier molecular flexibility index (Phi) is 7.86. The Morgan fingerprint density at radius 2 is 1.83 bits per heavy atom. The van der Waals surface area contributed by atoms with Crippen molar-refractivity contribution in [3.05, 3.63) is 11.6 Å². The summed E-state index contributed by atoms with van der Waals surface area (Å²) in [5, 5.41) is 0.865. The van der Waals surface area contributed by atoms with Crippen LogP contribution in [0.3, 0.4) is 0 Å². The molecule has 0 amide bonds. The van der Waals surface area contributed by atoms with Gasteiger partial charge in [0.05, 0.1) is 0 Å². The van der Waals surface area contributed by atoms with E-state index in [0.29, 0.717) is 13.2 Å². The second kappa shape index (κ2) is 7.77. The minimum Gasteiger partial charge on any atom is -0.349 e. The quantitative estimate of drug-likeness (QED) is 0.401. The van der Waals surface area contributed by atoms with Crippen LogP contribution in [0.5, 0.6) is 0 Å². The van der Waals surface area contributed by atoms with Gasteiger partial charge in [-0.25, -0.2) is 0 Å². The number of rotatable bonds is 6. The van der Waals surface area contributed by atoms with Gasteiger partial charge in [-0.05, 0) is 26.8 Å². The molecule has 0 bridgehead atoms. The van der Waals surface area contributed by atoms with Gasteiger partial charge in [-0.3, -0.25) is 0 Å². The molecule has 0 aromatic heterocycles. The third-order valence-electron chi connectivity index (χ3n) is 1.29. The predicted molar refractivity (Wildman–Crippen MR) is 54.6 cm³/mol.